The number of rotatable bonds is 2. The highest BCUT2D eigenvalue weighted by Crippen LogP contribution is 2.53. The van der Waals surface area contributed by atoms with Crippen molar-refractivity contribution in [1.82, 2.24) is 9.97 Å². The number of fused-ring (bicyclic) bond motifs is 2. The van der Waals surface area contributed by atoms with Crippen LogP contribution in [-0.2, 0) is 6.18 Å². The summed E-state index contributed by atoms with van der Waals surface area (Å²) in [7, 11) is 0. The molecule has 2 aromatic heterocycles. The van der Waals surface area contributed by atoms with Crippen LogP contribution in [0.3, 0.4) is 0 Å². The van der Waals surface area contributed by atoms with Crippen LogP contribution in [0.15, 0.2) is 23.6 Å². The maximum atomic E-state index is 13.4. The molecule has 2 aromatic rings. The molecule has 0 unspecified atom stereocenters. The van der Waals surface area contributed by atoms with Crippen molar-refractivity contribution in [3.63, 3.8) is 0 Å². The van der Waals surface area contributed by atoms with Crippen molar-refractivity contribution in [2.45, 2.75) is 52.3 Å². The minimum Gasteiger partial charge on any atom is -0.337 e. The standard InChI is InChI=1S/C19H22F3N3S/c1-17(2)8-12-9-18(3,10-17)11-25(12)16-23-13(14-5-4-6-26-14)7-15(24-16)19(20,21)22/h4-7,12H,8-11H2,1-3H3/t12-,18+/m1/s1. The molecule has 2 fully saturated rings. The third-order valence-corrected chi connectivity index (χ3v) is 6.34. The van der Waals surface area contributed by atoms with Gasteiger partial charge < -0.3 is 4.90 Å². The van der Waals surface area contributed by atoms with E-state index in [4.69, 9.17) is 0 Å². The number of nitrogens with zero attached hydrogens (tertiary/aromatic N) is 3. The fourth-order valence-electron chi connectivity index (χ4n) is 4.95. The highest BCUT2D eigenvalue weighted by Gasteiger charge is 2.50. The predicted octanol–water partition coefficient (Wildman–Crippen LogP) is 5.63. The average molecular weight is 381 g/mol. The summed E-state index contributed by atoms with van der Waals surface area (Å²) in [4.78, 5) is 11.2. The van der Waals surface area contributed by atoms with Gasteiger partial charge in [-0.05, 0) is 47.6 Å². The third-order valence-electron chi connectivity index (χ3n) is 5.45. The molecule has 140 valence electrons. The Balaban J connectivity index is 1.78. The summed E-state index contributed by atoms with van der Waals surface area (Å²) in [5.41, 5.74) is -0.225. The lowest BCUT2D eigenvalue weighted by atomic mass is 9.65. The molecule has 2 bridgehead atoms. The summed E-state index contributed by atoms with van der Waals surface area (Å²) < 4.78 is 40.3. The van der Waals surface area contributed by atoms with Gasteiger partial charge in [0.05, 0.1) is 10.6 Å². The fraction of sp³-hybridized carbons (Fsp3) is 0.579. The highest BCUT2D eigenvalue weighted by atomic mass is 32.1. The van der Waals surface area contributed by atoms with Crippen molar-refractivity contribution < 1.29 is 13.2 Å². The first-order valence-electron chi connectivity index (χ1n) is 8.82. The second-order valence-electron chi connectivity index (χ2n) is 8.76. The van der Waals surface area contributed by atoms with Crippen molar-refractivity contribution in [1.29, 1.82) is 0 Å². The minimum absolute atomic E-state index is 0.104. The quantitative estimate of drug-likeness (QED) is 0.675. The molecule has 1 aliphatic carbocycles. The van der Waals surface area contributed by atoms with E-state index in [9.17, 15) is 13.2 Å². The zero-order valence-corrected chi connectivity index (χ0v) is 15.9. The first kappa shape index (κ1) is 17.8. The van der Waals surface area contributed by atoms with Gasteiger partial charge in [0.15, 0.2) is 5.69 Å². The van der Waals surface area contributed by atoms with Gasteiger partial charge in [-0.3, -0.25) is 0 Å². The number of hydrogen-bond acceptors (Lipinski definition) is 4. The van der Waals surface area contributed by atoms with Crippen LogP contribution in [0.1, 0.15) is 45.7 Å². The summed E-state index contributed by atoms with van der Waals surface area (Å²) in [5.74, 6) is 0.217. The van der Waals surface area contributed by atoms with Crippen LogP contribution < -0.4 is 4.90 Å². The molecule has 0 radical (unpaired) electrons. The Morgan fingerprint density at radius 1 is 1.19 bits per heavy atom. The molecule has 1 aliphatic heterocycles. The second-order valence-corrected chi connectivity index (χ2v) is 9.70. The van der Waals surface area contributed by atoms with E-state index < -0.39 is 11.9 Å². The van der Waals surface area contributed by atoms with E-state index in [0.717, 1.165) is 30.2 Å². The van der Waals surface area contributed by atoms with Gasteiger partial charge in [0.2, 0.25) is 5.95 Å². The molecule has 1 saturated heterocycles. The molecule has 3 heterocycles. The average Bonchev–Trinajstić information content (AvgIpc) is 3.11. The maximum Gasteiger partial charge on any atom is 0.433 e. The summed E-state index contributed by atoms with van der Waals surface area (Å²) in [5, 5.41) is 1.84. The molecule has 3 nitrogen and oxygen atoms in total. The Kier molecular flexibility index (Phi) is 3.88. The number of anilines is 1. The summed E-state index contributed by atoms with van der Waals surface area (Å²) >= 11 is 1.39. The van der Waals surface area contributed by atoms with Gasteiger partial charge in [-0.2, -0.15) is 13.2 Å². The molecular formula is C19H22F3N3S. The largest absolute Gasteiger partial charge is 0.433 e. The van der Waals surface area contributed by atoms with E-state index >= 15 is 0 Å². The molecule has 1 saturated carbocycles. The fourth-order valence-corrected chi connectivity index (χ4v) is 5.64. The van der Waals surface area contributed by atoms with Crippen molar-refractivity contribution in [2.24, 2.45) is 10.8 Å². The number of aromatic nitrogens is 2. The first-order chi connectivity index (χ1) is 12.0. The van der Waals surface area contributed by atoms with Gasteiger partial charge in [0.25, 0.3) is 0 Å². The number of alkyl halides is 3. The molecule has 4 rings (SSSR count). The maximum absolute atomic E-state index is 13.4. The first-order valence-corrected chi connectivity index (χ1v) is 9.70. The van der Waals surface area contributed by atoms with E-state index in [-0.39, 0.29) is 22.8 Å². The number of thiophene rings is 1. The van der Waals surface area contributed by atoms with Crippen LogP contribution in [0.5, 0.6) is 0 Å². The van der Waals surface area contributed by atoms with E-state index in [1.165, 1.54) is 11.3 Å². The smallest absolute Gasteiger partial charge is 0.337 e. The lowest BCUT2D eigenvalue weighted by molar-refractivity contribution is -0.141. The van der Waals surface area contributed by atoms with E-state index in [2.05, 4.69) is 30.7 Å². The van der Waals surface area contributed by atoms with Gasteiger partial charge in [-0.1, -0.05) is 26.8 Å². The van der Waals surface area contributed by atoms with E-state index in [0.29, 0.717) is 12.2 Å². The Morgan fingerprint density at radius 2 is 1.96 bits per heavy atom. The normalized spacial score (nSPS) is 27.8. The summed E-state index contributed by atoms with van der Waals surface area (Å²) in [6.45, 7) is 7.43. The molecule has 0 spiro atoms. The Morgan fingerprint density at radius 3 is 2.62 bits per heavy atom. The zero-order chi connectivity index (χ0) is 18.7. The summed E-state index contributed by atoms with van der Waals surface area (Å²) in [6.07, 6.45) is -1.47. The topological polar surface area (TPSA) is 29.0 Å². The van der Waals surface area contributed by atoms with Gasteiger partial charge in [-0.15, -0.1) is 11.3 Å². The van der Waals surface area contributed by atoms with Crippen molar-refractivity contribution in [3.05, 3.63) is 29.3 Å². The predicted molar refractivity (Wildman–Crippen MR) is 97.2 cm³/mol. The van der Waals surface area contributed by atoms with Crippen LogP contribution in [0.4, 0.5) is 19.1 Å². The summed E-state index contributed by atoms with van der Waals surface area (Å²) in [6, 6.07) is 4.87. The zero-order valence-electron chi connectivity index (χ0n) is 15.1. The Bertz CT molecular complexity index is 816. The van der Waals surface area contributed by atoms with Crippen LogP contribution >= 0.6 is 11.3 Å². The number of hydrogen-bond donors (Lipinski definition) is 0. The van der Waals surface area contributed by atoms with Crippen LogP contribution in [0.2, 0.25) is 0 Å². The van der Waals surface area contributed by atoms with Gasteiger partial charge in [0, 0.05) is 12.6 Å². The van der Waals surface area contributed by atoms with Crippen LogP contribution in [0.25, 0.3) is 10.6 Å². The van der Waals surface area contributed by atoms with Crippen LogP contribution in [-0.4, -0.2) is 22.6 Å². The molecule has 2 aliphatic rings. The molecule has 0 amide bonds. The van der Waals surface area contributed by atoms with Gasteiger partial charge in [-0.25, -0.2) is 9.97 Å². The second kappa shape index (κ2) is 5.68. The lowest BCUT2D eigenvalue weighted by Gasteiger charge is -2.39. The van der Waals surface area contributed by atoms with Crippen molar-refractivity contribution >= 4 is 17.3 Å². The molecule has 7 heteroatoms. The van der Waals surface area contributed by atoms with E-state index in [1.54, 1.807) is 6.07 Å². The lowest BCUT2D eigenvalue weighted by Crippen LogP contribution is -2.35. The van der Waals surface area contributed by atoms with Crippen molar-refractivity contribution in [2.75, 3.05) is 11.4 Å². The molecule has 2 atom stereocenters. The minimum atomic E-state index is -4.48. The van der Waals surface area contributed by atoms with Gasteiger partial charge in [0.1, 0.15) is 0 Å². The number of halogens is 3. The van der Waals surface area contributed by atoms with E-state index in [1.807, 2.05) is 16.3 Å². The SMILES string of the molecule is CC1(C)C[C@@H]2C[C@](C)(CN2c2nc(-c3cccs3)cc(C(F)(F)F)n2)C1. The monoisotopic (exact) mass is 381 g/mol. The molecule has 0 N–H and O–H groups in total. The Labute approximate surface area is 155 Å². The van der Waals surface area contributed by atoms with Crippen molar-refractivity contribution in [3.8, 4) is 10.6 Å². The molecule has 26 heavy (non-hydrogen) atoms. The molecular weight excluding hydrogens is 359 g/mol. The van der Waals surface area contributed by atoms with Gasteiger partial charge >= 0.3 is 6.18 Å². The third kappa shape index (κ3) is 3.21. The van der Waals surface area contributed by atoms with Crippen LogP contribution in [0, 0.1) is 10.8 Å². The highest BCUT2D eigenvalue weighted by molar-refractivity contribution is 7.13. The Hall–Kier alpha value is -1.63. The molecule has 0 aromatic carbocycles.